The summed E-state index contributed by atoms with van der Waals surface area (Å²) in [7, 11) is 0. The zero-order valence-corrected chi connectivity index (χ0v) is 9.21. The van der Waals surface area contributed by atoms with Gasteiger partial charge in [0, 0.05) is 13.2 Å². The highest BCUT2D eigenvalue weighted by atomic mass is 19.1. The van der Waals surface area contributed by atoms with Crippen molar-refractivity contribution >= 4 is 0 Å². The molecule has 0 aromatic heterocycles. The van der Waals surface area contributed by atoms with Crippen molar-refractivity contribution in [1.82, 2.24) is 0 Å². The minimum atomic E-state index is -1.37. The Kier molecular flexibility index (Phi) is 3.59. The fourth-order valence-electron chi connectivity index (χ4n) is 2.14. The molecule has 0 aromatic rings. The van der Waals surface area contributed by atoms with Crippen molar-refractivity contribution in [1.29, 1.82) is 0 Å². The molecular weight excluding hydrogens is 199 g/mol. The first kappa shape index (κ1) is 11.3. The summed E-state index contributed by atoms with van der Waals surface area (Å²) < 4.78 is 30.4. The minimum Gasteiger partial charge on any atom is -0.379 e. The topological polar surface area (TPSA) is 27.7 Å². The Labute approximate surface area is 89.9 Å². The third-order valence-electron chi connectivity index (χ3n) is 3.02. The SMILES string of the molecule is C[C@]1(F)CO[C@@H]2COCCCCCO[C@H]21. The smallest absolute Gasteiger partial charge is 0.160 e. The van der Waals surface area contributed by atoms with Crippen LogP contribution in [0.15, 0.2) is 0 Å². The first-order valence-corrected chi connectivity index (χ1v) is 5.70. The van der Waals surface area contributed by atoms with Gasteiger partial charge in [-0.2, -0.15) is 0 Å². The Morgan fingerprint density at radius 2 is 1.93 bits per heavy atom. The molecule has 0 amide bonds. The van der Waals surface area contributed by atoms with Gasteiger partial charge in [0.05, 0.1) is 13.2 Å². The highest BCUT2D eigenvalue weighted by Gasteiger charge is 2.48. The lowest BCUT2D eigenvalue weighted by atomic mass is 10.0. The maximum atomic E-state index is 14.0. The van der Waals surface area contributed by atoms with Gasteiger partial charge in [0.2, 0.25) is 0 Å². The molecule has 0 unspecified atom stereocenters. The molecule has 2 fully saturated rings. The highest BCUT2D eigenvalue weighted by Crippen LogP contribution is 2.31. The first-order valence-electron chi connectivity index (χ1n) is 5.70. The monoisotopic (exact) mass is 218 g/mol. The van der Waals surface area contributed by atoms with Crippen LogP contribution in [0.3, 0.4) is 0 Å². The number of halogens is 1. The van der Waals surface area contributed by atoms with Gasteiger partial charge in [-0.05, 0) is 26.2 Å². The standard InChI is InChI=1S/C11H19FO3/c1-11(12)8-15-9-7-13-5-3-2-4-6-14-10(9)11/h9-10H,2-8H2,1H3/t9-,10-,11+/m1/s1. The number of ether oxygens (including phenoxy) is 3. The summed E-state index contributed by atoms with van der Waals surface area (Å²) >= 11 is 0. The van der Waals surface area contributed by atoms with Crippen molar-refractivity contribution in [3.8, 4) is 0 Å². The summed E-state index contributed by atoms with van der Waals surface area (Å²) in [4.78, 5) is 0. The summed E-state index contributed by atoms with van der Waals surface area (Å²) in [6.45, 7) is 3.49. The predicted octanol–water partition coefficient (Wildman–Crippen LogP) is 1.70. The number of hydrogen-bond donors (Lipinski definition) is 0. The second-order valence-electron chi connectivity index (χ2n) is 4.55. The Bertz CT molecular complexity index is 208. The van der Waals surface area contributed by atoms with Gasteiger partial charge in [-0.15, -0.1) is 0 Å². The van der Waals surface area contributed by atoms with E-state index in [1.165, 1.54) is 0 Å². The molecule has 0 N–H and O–H groups in total. The van der Waals surface area contributed by atoms with Gasteiger partial charge in [-0.1, -0.05) is 0 Å². The molecule has 2 aliphatic rings. The summed E-state index contributed by atoms with van der Waals surface area (Å²) in [6, 6.07) is 0. The second-order valence-corrected chi connectivity index (χ2v) is 4.55. The molecule has 2 saturated heterocycles. The first-order chi connectivity index (χ1) is 7.20. The van der Waals surface area contributed by atoms with Crippen molar-refractivity contribution < 1.29 is 18.6 Å². The quantitative estimate of drug-likeness (QED) is 0.619. The molecule has 2 heterocycles. The van der Waals surface area contributed by atoms with Crippen LogP contribution in [0.4, 0.5) is 4.39 Å². The van der Waals surface area contributed by atoms with E-state index in [9.17, 15) is 4.39 Å². The van der Waals surface area contributed by atoms with Gasteiger partial charge in [0.25, 0.3) is 0 Å². The zero-order valence-electron chi connectivity index (χ0n) is 9.21. The lowest BCUT2D eigenvalue weighted by Crippen LogP contribution is -2.41. The summed E-state index contributed by atoms with van der Waals surface area (Å²) in [5, 5.41) is 0. The zero-order chi connectivity index (χ0) is 10.7. The van der Waals surface area contributed by atoms with E-state index in [-0.39, 0.29) is 12.7 Å². The second kappa shape index (κ2) is 4.76. The number of alkyl halides is 1. The Balaban J connectivity index is 1.97. The van der Waals surface area contributed by atoms with Crippen LogP contribution in [0.1, 0.15) is 26.2 Å². The molecule has 3 atom stereocenters. The lowest BCUT2D eigenvalue weighted by molar-refractivity contribution is -0.0768. The van der Waals surface area contributed by atoms with E-state index in [0.717, 1.165) is 25.9 Å². The van der Waals surface area contributed by atoms with Crippen molar-refractivity contribution in [3.63, 3.8) is 0 Å². The minimum absolute atomic E-state index is 0.117. The lowest BCUT2D eigenvalue weighted by Gasteiger charge is -2.26. The van der Waals surface area contributed by atoms with E-state index in [2.05, 4.69) is 0 Å². The molecule has 4 heteroatoms. The van der Waals surface area contributed by atoms with Crippen molar-refractivity contribution in [2.45, 2.75) is 44.1 Å². The molecule has 0 radical (unpaired) electrons. The fourth-order valence-corrected chi connectivity index (χ4v) is 2.14. The van der Waals surface area contributed by atoms with Gasteiger partial charge < -0.3 is 14.2 Å². The van der Waals surface area contributed by atoms with E-state index in [1.807, 2.05) is 0 Å². The average Bonchev–Trinajstić information content (AvgIpc) is 2.50. The molecule has 0 aliphatic carbocycles. The Morgan fingerprint density at radius 3 is 2.80 bits per heavy atom. The molecule has 0 bridgehead atoms. The van der Waals surface area contributed by atoms with Gasteiger partial charge in [0.15, 0.2) is 5.67 Å². The van der Waals surface area contributed by atoms with Crippen molar-refractivity contribution in [3.05, 3.63) is 0 Å². The largest absolute Gasteiger partial charge is 0.379 e. The maximum absolute atomic E-state index is 14.0. The number of fused-ring (bicyclic) bond motifs is 1. The third-order valence-corrected chi connectivity index (χ3v) is 3.02. The number of rotatable bonds is 0. The van der Waals surface area contributed by atoms with E-state index in [0.29, 0.717) is 13.2 Å². The number of hydrogen-bond acceptors (Lipinski definition) is 3. The van der Waals surface area contributed by atoms with Gasteiger partial charge in [-0.3, -0.25) is 0 Å². The Morgan fingerprint density at radius 1 is 1.13 bits per heavy atom. The summed E-state index contributed by atoms with van der Waals surface area (Å²) in [5.41, 5.74) is -1.37. The van der Waals surface area contributed by atoms with E-state index >= 15 is 0 Å². The molecule has 2 aliphatic heterocycles. The van der Waals surface area contributed by atoms with E-state index in [4.69, 9.17) is 14.2 Å². The van der Waals surface area contributed by atoms with Gasteiger partial charge in [-0.25, -0.2) is 4.39 Å². The predicted molar refractivity (Wildman–Crippen MR) is 53.7 cm³/mol. The molecule has 3 nitrogen and oxygen atoms in total. The van der Waals surface area contributed by atoms with Crippen LogP contribution >= 0.6 is 0 Å². The van der Waals surface area contributed by atoms with Gasteiger partial charge >= 0.3 is 0 Å². The highest BCUT2D eigenvalue weighted by molar-refractivity contribution is 4.95. The van der Waals surface area contributed by atoms with Crippen LogP contribution in [0, 0.1) is 0 Å². The third kappa shape index (κ3) is 2.68. The fraction of sp³-hybridized carbons (Fsp3) is 1.00. The van der Waals surface area contributed by atoms with Crippen LogP contribution in [-0.2, 0) is 14.2 Å². The maximum Gasteiger partial charge on any atom is 0.160 e. The average molecular weight is 218 g/mol. The molecule has 0 saturated carbocycles. The molecule has 88 valence electrons. The van der Waals surface area contributed by atoms with Crippen molar-refractivity contribution in [2.75, 3.05) is 26.4 Å². The van der Waals surface area contributed by atoms with Crippen LogP contribution in [0.5, 0.6) is 0 Å². The molecule has 2 rings (SSSR count). The van der Waals surface area contributed by atoms with Crippen LogP contribution in [0.25, 0.3) is 0 Å². The molecule has 15 heavy (non-hydrogen) atoms. The summed E-state index contributed by atoms with van der Waals surface area (Å²) in [6.07, 6.45) is 2.41. The van der Waals surface area contributed by atoms with Crippen LogP contribution < -0.4 is 0 Å². The van der Waals surface area contributed by atoms with E-state index in [1.54, 1.807) is 6.92 Å². The van der Waals surface area contributed by atoms with E-state index < -0.39 is 11.8 Å². The summed E-state index contributed by atoms with van der Waals surface area (Å²) in [5.74, 6) is 0. The van der Waals surface area contributed by atoms with Crippen molar-refractivity contribution in [2.24, 2.45) is 0 Å². The molecule has 0 spiro atoms. The Hall–Kier alpha value is -0.190. The van der Waals surface area contributed by atoms with Crippen LogP contribution in [-0.4, -0.2) is 44.3 Å². The van der Waals surface area contributed by atoms with Crippen LogP contribution in [0.2, 0.25) is 0 Å². The normalized spacial score (nSPS) is 43.6. The molecular formula is C11H19FO3. The molecule has 0 aromatic carbocycles. The van der Waals surface area contributed by atoms with Gasteiger partial charge in [0.1, 0.15) is 12.2 Å².